The summed E-state index contributed by atoms with van der Waals surface area (Å²) >= 11 is 0. The summed E-state index contributed by atoms with van der Waals surface area (Å²) in [7, 11) is -1.49. The van der Waals surface area contributed by atoms with E-state index in [1.54, 1.807) is 0 Å². The molecule has 0 aliphatic carbocycles. The van der Waals surface area contributed by atoms with Gasteiger partial charge in [-0.15, -0.1) is 0 Å². The van der Waals surface area contributed by atoms with Crippen LogP contribution in [-0.2, 0) is 10.0 Å². The minimum Gasteiger partial charge on any atom is -0.497 e. The predicted octanol–water partition coefficient (Wildman–Crippen LogP) is 0.608. The number of aliphatic hydroxyl groups is 1. The Bertz CT molecular complexity index is 550. The first kappa shape index (κ1) is 16.6. The number of rotatable bonds is 7. The number of sulfonamides is 1. The summed E-state index contributed by atoms with van der Waals surface area (Å²) in [5, 5.41) is 8.93. The monoisotopic (exact) mass is 311 g/mol. The topological polar surface area (TPSA) is 84.9 Å². The van der Waals surface area contributed by atoms with E-state index >= 15 is 0 Å². The lowest BCUT2D eigenvalue weighted by molar-refractivity contribution is -0.000454. The number of benzene rings is 1. The summed E-state index contributed by atoms with van der Waals surface area (Å²) in [5.41, 5.74) is 0. The molecule has 0 heterocycles. The second-order valence-electron chi connectivity index (χ2n) is 3.77. The van der Waals surface area contributed by atoms with Crippen LogP contribution in [0.2, 0.25) is 0 Å². The van der Waals surface area contributed by atoms with Gasteiger partial charge in [-0.2, -0.15) is 0 Å². The van der Waals surface area contributed by atoms with Crippen LogP contribution in [0, 0.1) is 0 Å². The van der Waals surface area contributed by atoms with Crippen LogP contribution in [0.15, 0.2) is 23.1 Å². The van der Waals surface area contributed by atoms with Crippen molar-refractivity contribution in [3.8, 4) is 11.5 Å². The third-order valence-electron chi connectivity index (χ3n) is 2.43. The minimum absolute atomic E-state index is 0.0323. The molecule has 114 valence electrons. The molecule has 1 unspecified atom stereocenters. The molecule has 0 aliphatic heterocycles. The maximum atomic E-state index is 12.1. The van der Waals surface area contributed by atoms with Crippen molar-refractivity contribution in [2.75, 3.05) is 20.8 Å². The molecule has 0 radical (unpaired) electrons. The zero-order valence-corrected chi connectivity index (χ0v) is 11.7. The van der Waals surface area contributed by atoms with Gasteiger partial charge in [-0.1, -0.05) is 0 Å². The molecular formula is C11H15F2NO5S. The Hall–Kier alpha value is -1.45. The summed E-state index contributed by atoms with van der Waals surface area (Å²) in [6.45, 7) is -0.805. The SMILES string of the molecule is COc1ccc(OC)c(S(=O)(=O)NCC(O)C(F)F)c1. The van der Waals surface area contributed by atoms with Crippen molar-refractivity contribution in [1.82, 2.24) is 4.72 Å². The summed E-state index contributed by atoms with van der Waals surface area (Å²) in [6.07, 6.45) is -5.12. The molecular weight excluding hydrogens is 296 g/mol. The maximum Gasteiger partial charge on any atom is 0.265 e. The number of methoxy groups -OCH3 is 2. The highest BCUT2D eigenvalue weighted by molar-refractivity contribution is 7.89. The second-order valence-corrected chi connectivity index (χ2v) is 5.51. The van der Waals surface area contributed by atoms with E-state index in [1.165, 1.54) is 32.4 Å². The van der Waals surface area contributed by atoms with Gasteiger partial charge in [0.25, 0.3) is 6.43 Å². The highest BCUT2D eigenvalue weighted by Crippen LogP contribution is 2.27. The maximum absolute atomic E-state index is 12.1. The average molecular weight is 311 g/mol. The van der Waals surface area contributed by atoms with Gasteiger partial charge in [-0.05, 0) is 12.1 Å². The number of aliphatic hydroxyl groups excluding tert-OH is 1. The molecule has 0 aromatic heterocycles. The molecule has 6 nitrogen and oxygen atoms in total. The van der Waals surface area contributed by atoms with Gasteiger partial charge in [0.05, 0.1) is 14.2 Å². The Morgan fingerprint density at radius 2 is 1.95 bits per heavy atom. The van der Waals surface area contributed by atoms with Gasteiger partial charge in [0.1, 0.15) is 22.5 Å². The lowest BCUT2D eigenvalue weighted by atomic mass is 10.3. The normalized spacial score (nSPS) is 13.3. The third kappa shape index (κ3) is 4.02. The van der Waals surface area contributed by atoms with Gasteiger partial charge >= 0.3 is 0 Å². The largest absolute Gasteiger partial charge is 0.497 e. The van der Waals surface area contributed by atoms with E-state index in [9.17, 15) is 17.2 Å². The van der Waals surface area contributed by atoms with E-state index in [2.05, 4.69) is 0 Å². The smallest absolute Gasteiger partial charge is 0.265 e. The van der Waals surface area contributed by atoms with Gasteiger partial charge in [-0.25, -0.2) is 21.9 Å². The molecule has 1 atom stereocenters. The molecule has 20 heavy (non-hydrogen) atoms. The molecule has 0 aliphatic rings. The van der Waals surface area contributed by atoms with Crippen LogP contribution in [-0.4, -0.2) is 46.8 Å². The molecule has 1 rings (SSSR count). The number of hydrogen-bond acceptors (Lipinski definition) is 5. The number of ether oxygens (including phenoxy) is 2. The summed E-state index contributed by atoms with van der Waals surface area (Å²) in [5.74, 6) is 0.297. The number of hydrogen-bond donors (Lipinski definition) is 2. The van der Waals surface area contributed by atoms with Crippen LogP contribution < -0.4 is 14.2 Å². The quantitative estimate of drug-likeness (QED) is 0.770. The van der Waals surface area contributed by atoms with E-state index in [0.29, 0.717) is 0 Å². The van der Waals surface area contributed by atoms with Crippen molar-refractivity contribution in [1.29, 1.82) is 0 Å². The van der Waals surface area contributed by atoms with Gasteiger partial charge in [-0.3, -0.25) is 0 Å². The Balaban J connectivity index is 3.02. The van der Waals surface area contributed by atoms with Gasteiger partial charge in [0.2, 0.25) is 10.0 Å². The first-order valence-electron chi connectivity index (χ1n) is 5.49. The molecule has 9 heteroatoms. The molecule has 2 N–H and O–H groups in total. The highest BCUT2D eigenvalue weighted by atomic mass is 32.2. The summed E-state index contributed by atoms with van der Waals surface area (Å²) < 4.78 is 60.0. The first-order valence-corrected chi connectivity index (χ1v) is 6.98. The van der Waals surface area contributed by atoms with Crippen molar-refractivity contribution in [3.05, 3.63) is 18.2 Å². The molecule has 0 spiro atoms. The predicted molar refractivity (Wildman–Crippen MR) is 66.7 cm³/mol. The van der Waals surface area contributed by atoms with Crippen LogP contribution in [0.5, 0.6) is 11.5 Å². The number of alkyl halides is 2. The average Bonchev–Trinajstić information content (AvgIpc) is 2.43. The van der Waals surface area contributed by atoms with Gasteiger partial charge < -0.3 is 14.6 Å². The van der Waals surface area contributed by atoms with Crippen LogP contribution in [0.4, 0.5) is 8.78 Å². The Morgan fingerprint density at radius 1 is 1.30 bits per heavy atom. The van der Waals surface area contributed by atoms with Crippen LogP contribution in [0.1, 0.15) is 0 Å². The van der Waals surface area contributed by atoms with Gasteiger partial charge in [0.15, 0.2) is 0 Å². The summed E-state index contributed by atoms with van der Waals surface area (Å²) in [6, 6.07) is 4.05. The van der Waals surface area contributed by atoms with E-state index < -0.39 is 29.1 Å². The van der Waals surface area contributed by atoms with Crippen molar-refractivity contribution in [3.63, 3.8) is 0 Å². The highest BCUT2D eigenvalue weighted by Gasteiger charge is 2.24. The molecule has 0 bridgehead atoms. The fourth-order valence-corrected chi connectivity index (χ4v) is 2.59. The van der Waals surface area contributed by atoms with Crippen LogP contribution in [0.25, 0.3) is 0 Å². The zero-order chi connectivity index (χ0) is 15.3. The molecule has 0 saturated carbocycles. The van der Waals surface area contributed by atoms with Crippen molar-refractivity contribution in [2.45, 2.75) is 17.4 Å². The zero-order valence-electron chi connectivity index (χ0n) is 10.8. The third-order valence-corrected chi connectivity index (χ3v) is 3.88. The Kier molecular flexibility index (Phi) is 5.66. The molecule has 1 aromatic rings. The standard InChI is InChI=1S/C11H15F2NO5S/c1-18-7-3-4-9(19-2)10(5-7)20(16,17)14-6-8(15)11(12)13/h3-5,8,11,14-15H,6H2,1-2H3. The fraction of sp³-hybridized carbons (Fsp3) is 0.455. The van der Waals surface area contributed by atoms with Crippen molar-refractivity contribution >= 4 is 10.0 Å². The first-order chi connectivity index (χ1) is 9.31. The number of halogens is 2. The second kappa shape index (κ2) is 6.82. The Morgan fingerprint density at radius 3 is 2.45 bits per heavy atom. The van der Waals surface area contributed by atoms with E-state index in [0.717, 1.165) is 0 Å². The van der Waals surface area contributed by atoms with Crippen molar-refractivity contribution < 1.29 is 31.8 Å². The van der Waals surface area contributed by atoms with E-state index in [4.69, 9.17) is 14.6 Å². The van der Waals surface area contributed by atoms with E-state index in [-0.39, 0.29) is 16.4 Å². The molecule has 0 amide bonds. The molecule has 0 fully saturated rings. The number of nitrogens with one attached hydrogen (secondary N) is 1. The Labute approximate surface area is 115 Å². The molecule has 1 aromatic carbocycles. The van der Waals surface area contributed by atoms with Crippen LogP contribution in [0.3, 0.4) is 0 Å². The lowest BCUT2D eigenvalue weighted by Crippen LogP contribution is -2.36. The van der Waals surface area contributed by atoms with Gasteiger partial charge in [0, 0.05) is 12.6 Å². The van der Waals surface area contributed by atoms with E-state index in [1.807, 2.05) is 4.72 Å². The fourth-order valence-electron chi connectivity index (χ4n) is 1.36. The van der Waals surface area contributed by atoms with Crippen LogP contribution >= 0.6 is 0 Å². The minimum atomic E-state index is -4.11. The lowest BCUT2D eigenvalue weighted by Gasteiger charge is -2.14. The van der Waals surface area contributed by atoms with Crippen molar-refractivity contribution in [2.24, 2.45) is 0 Å². The summed E-state index contributed by atoms with van der Waals surface area (Å²) in [4.78, 5) is -0.263. The molecule has 0 saturated heterocycles.